The first-order chi connectivity index (χ1) is 10.1. The molecule has 1 fully saturated rings. The molecule has 1 aromatic heterocycles. The molecule has 3 rings (SSSR count). The van der Waals surface area contributed by atoms with Crippen LogP contribution in [-0.4, -0.2) is 15.8 Å². The number of nitrogens with zero attached hydrogens (tertiary/aromatic N) is 2. The lowest BCUT2D eigenvalue weighted by Crippen LogP contribution is -2.16. The summed E-state index contributed by atoms with van der Waals surface area (Å²) in [5.74, 6) is 0.495. The van der Waals surface area contributed by atoms with Crippen molar-refractivity contribution in [2.24, 2.45) is 7.05 Å². The molecule has 0 aliphatic heterocycles. The summed E-state index contributed by atoms with van der Waals surface area (Å²) in [7, 11) is 1.89. The van der Waals surface area contributed by atoms with E-state index in [4.69, 9.17) is 4.74 Å². The van der Waals surface area contributed by atoms with E-state index in [0.29, 0.717) is 19.2 Å². The van der Waals surface area contributed by atoms with Crippen LogP contribution in [0.3, 0.4) is 0 Å². The van der Waals surface area contributed by atoms with Gasteiger partial charge in [-0.2, -0.15) is 5.10 Å². The predicted octanol–water partition coefficient (Wildman–Crippen LogP) is 2.70. The van der Waals surface area contributed by atoms with Crippen molar-refractivity contribution in [2.75, 3.05) is 0 Å². The zero-order chi connectivity index (χ0) is 14.8. The number of hydrogen-bond donors (Lipinski definition) is 1. The SMILES string of the molecule is Cc1cc(COc2ccc(F)cc2CNC2CC2)n(C)n1. The molecule has 1 N–H and O–H groups in total. The van der Waals surface area contributed by atoms with Gasteiger partial charge in [0.1, 0.15) is 18.2 Å². The zero-order valence-corrected chi connectivity index (χ0v) is 12.4. The second-order valence-corrected chi connectivity index (χ2v) is 5.60. The first-order valence-corrected chi connectivity index (χ1v) is 7.26. The van der Waals surface area contributed by atoms with E-state index >= 15 is 0 Å². The van der Waals surface area contributed by atoms with E-state index in [9.17, 15) is 4.39 Å². The van der Waals surface area contributed by atoms with Gasteiger partial charge in [0.25, 0.3) is 0 Å². The third kappa shape index (κ3) is 3.61. The van der Waals surface area contributed by atoms with Crippen molar-refractivity contribution in [3.63, 3.8) is 0 Å². The normalized spacial score (nSPS) is 14.4. The van der Waals surface area contributed by atoms with E-state index < -0.39 is 0 Å². The fraction of sp³-hybridized carbons (Fsp3) is 0.438. The Hall–Kier alpha value is -1.88. The third-order valence-electron chi connectivity index (χ3n) is 3.66. The van der Waals surface area contributed by atoms with Gasteiger partial charge in [-0.1, -0.05) is 0 Å². The molecule has 21 heavy (non-hydrogen) atoms. The summed E-state index contributed by atoms with van der Waals surface area (Å²) < 4.78 is 21.1. The molecule has 0 unspecified atom stereocenters. The number of rotatable bonds is 6. The molecule has 1 saturated carbocycles. The molecule has 2 aromatic rings. The maximum atomic E-state index is 13.4. The first-order valence-electron chi connectivity index (χ1n) is 7.26. The highest BCUT2D eigenvalue weighted by Gasteiger charge is 2.20. The Morgan fingerprint density at radius 2 is 2.19 bits per heavy atom. The smallest absolute Gasteiger partial charge is 0.130 e. The van der Waals surface area contributed by atoms with Gasteiger partial charge in [0.15, 0.2) is 0 Å². The molecule has 1 aliphatic rings. The Balaban J connectivity index is 1.69. The van der Waals surface area contributed by atoms with Crippen molar-refractivity contribution in [3.8, 4) is 5.75 Å². The van der Waals surface area contributed by atoms with Gasteiger partial charge in [-0.3, -0.25) is 4.68 Å². The molecule has 4 nitrogen and oxygen atoms in total. The molecular weight excluding hydrogens is 269 g/mol. The molecule has 0 atom stereocenters. The van der Waals surface area contributed by atoms with Gasteiger partial charge in [0.05, 0.1) is 11.4 Å². The lowest BCUT2D eigenvalue weighted by atomic mass is 10.2. The lowest BCUT2D eigenvalue weighted by molar-refractivity contribution is 0.290. The molecule has 0 spiro atoms. The fourth-order valence-electron chi connectivity index (χ4n) is 2.32. The lowest BCUT2D eigenvalue weighted by Gasteiger charge is -2.12. The summed E-state index contributed by atoms with van der Waals surface area (Å²) in [4.78, 5) is 0. The standard InChI is InChI=1S/C16H20FN3O/c1-11-7-15(20(2)19-11)10-21-16-6-3-13(17)8-12(16)9-18-14-4-5-14/h3,6-8,14,18H,4-5,9-10H2,1-2H3. The zero-order valence-electron chi connectivity index (χ0n) is 12.4. The van der Waals surface area contributed by atoms with E-state index in [1.807, 2.05) is 20.0 Å². The summed E-state index contributed by atoms with van der Waals surface area (Å²) >= 11 is 0. The molecule has 0 amide bonds. The highest BCUT2D eigenvalue weighted by Crippen LogP contribution is 2.24. The van der Waals surface area contributed by atoms with Crippen LogP contribution in [0.1, 0.15) is 29.8 Å². The van der Waals surface area contributed by atoms with Gasteiger partial charge >= 0.3 is 0 Å². The van der Waals surface area contributed by atoms with E-state index in [1.54, 1.807) is 16.8 Å². The topological polar surface area (TPSA) is 39.1 Å². The van der Waals surface area contributed by atoms with Crippen LogP contribution >= 0.6 is 0 Å². The number of nitrogens with one attached hydrogen (secondary N) is 1. The number of halogens is 1. The highest BCUT2D eigenvalue weighted by molar-refractivity contribution is 5.34. The van der Waals surface area contributed by atoms with Gasteiger partial charge < -0.3 is 10.1 Å². The molecular formula is C16H20FN3O. The number of ether oxygens (including phenoxy) is 1. The Morgan fingerprint density at radius 1 is 1.38 bits per heavy atom. The summed E-state index contributed by atoms with van der Waals surface area (Å²) in [6, 6.07) is 7.25. The van der Waals surface area contributed by atoms with Crippen molar-refractivity contribution < 1.29 is 9.13 Å². The van der Waals surface area contributed by atoms with Crippen molar-refractivity contribution >= 4 is 0 Å². The van der Waals surface area contributed by atoms with Crippen molar-refractivity contribution in [3.05, 3.63) is 47.0 Å². The quantitative estimate of drug-likeness (QED) is 0.888. The second kappa shape index (κ2) is 5.85. The van der Waals surface area contributed by atoms with Crippen LogP contribution in [0.2, 0.25) is 0 Å². The largest absolute Gasteiger partial charge is 0.487 e. The minimum Gasteiger partial charge on any atom is -0.487 e. The average Bonchev–Trinajstić information content (AvgIpc) is 3.21. The Kier molecular flexibility index (Phi) is 3.92. The van der Waals surface area contributed by atoms with Crippen molar-refractivity contribution in [1.29, 1.82) is 0 Å². The molecule has 5 heteroatoms. The van der Waals surface area contributed by atoms with E-state index in [1.165, 1.54) is 18.9 Å². The van der Waals surface area contributed by atoms with Crippen LogP contribution < -0.4 is 10.1 Å². The van der Waals surface area contributed by atoms with E-state index in [-0.39, 0.29) is 5.82 Å². The van der Waals surface area contributed by atoms with E-state index in [0.717, 1.165) is 22.7 Å². The van der Waals surface area contributed by atoms with Crippen LogP contribution in [0.5, 0.6) is 5.75 Å². The van der Waals surface area contributed by atoms with E-state index in [2.05, 4.69) is 10.4 Å². The molecule has 1 aromatic carbocycles. The summed E-state index contributed by atoms with van der Waals surface area (Å²) in [5, 5.41) is 7.68. The number of benzene rings is 1. The molecule has 0 saturated heterocycles. The van der Waals surface area contributed by atoms with Gasteiger partial charge in [0.2, 0.25) is 0 Å². The predicted molar refractivity (Wildman–Crippen MR) is 78.5 cm³/mol. The molecule has 1 heterocycles. The number of aryl methyl sites for hydroxylation is 2. The van der Waals surface area contributed by atoms with Gasteiger partial charge in [-0.25, -0.2) is 4.39 Å². The minimum absolute atomic E-state index is 0.230. The average molecular weight is 289 g/mol. The van der Waals surface area contributed by atoms with Crippen molar-refractivity contribution in [1.82, 2.24) is 15.1 Å². The Bertz CT molecular complexity index is 634. The maximum absolute atomic E-state index is 13.4. The van der Waals surface area contributed by atoms with Crippen LogP contribution in [0.15, 0.2) is 24.3 Å². The van der Waals surface area contributed by atoms with Crippen molar-refractivity contribution in [2.45, 2.75) is 39.0 Å². The Morgan fingerprint density at radius 3 is 2.86 bits per heavy atom. The third-order valence-corrected chi connectivity index (χ3v) is 3.66. The Labute approximate surface area is 123 Å². The fourth-order valence-corrected chi connectivity index (χ4v) is 2.32. The monoisotopic (exact) mass is 289 g/mol. The van der Waals surface area contributed by atoms with Crippen LogP contribution in [-0.2, 0) is 20.2 Å². The van der Waals surface area contributed by atoms with Gasteiger partial charge in [-0.15, -0.1) is 0 Å². The first kappa shape index (κ1) is 14.1. The summed E-state index contributed by atoms with van der Waals surface area (Å²) in [6.45, 7) is 3.02. The van der Waals surface area contributed by atoms with Gasteiger partial charge in [0, 0.05) is 25.2 Å². The van der Waals surface area contributed by atoms with Crippen LogP contribution in [0.4, 0.5) is 4.39 Å². The summed E-state index contributed by atoms with van der Waals surface area (Å²) in [6.07, 6.45) is 2.42. The molecule has 112 valence electrons. The number of hydrogen-bond acceptors (Lipinski definition) is 3. The second-order valence-electron chi connectivity index (χ2n) is 5.60. The molecule has 1 aliphatic carbocycles. The molecule has 0 radical (unpaired) electrons. The highest BCUT2D eigenvalue weighted by atomic mass is 19.1. The summed E-state index contributed by atoms with van der Waals surface area (Å²) in [5.41, 5.74) is 2.82. The van der Waals surface area contributed by atoms with Crippen LogP contribution in [0, 0.1) is 12.7 Å². The minimum atomic E-state index is -0.230. The number of aromatic nitrogens is 2. The van der Waals surface area contributed by atoms with Crippen LogP contribution in [0.25, 0.3) is 0 Å². The molecule has 0 bridgehead atoms. The maximum Gasteiger partial charge on any atom is 0.130 e. The van der Waals surface area contributed by atoms with Gasteiger partial charge in [-0.05, 0) is 44.0 Å².